The maximum Gasteiger partial charge on any atom is 0.393 e. The van der Waals surface area contributed by atoms with Crippen molar-refractivity contribution in [1.82, 2.24) is 24.5 Å². The van der Waals surface area contributed by atoms with Crippen LogP contribution in [0.1, 0.15) is 62.7 Å². The van der Waals surface area contributed by atoms with E-state index in [2.05, 4.69) is 38.9 Å². The summed E-state index contributed by atoms with van der Waals surface area (Å²) in [5.41, 5.74) is -1.90. The number of pyridine rings is 2. The summed E-state index contributed by atoms with van der Waals surface area (Å²) in [5, 5.41) is 6.54. The molecule has 1 aliphatic carbocycles. The number of ether oxygens (including phenoxy) is 1. The van der Waals surface area contributed by atoms with E-state index in [-0.39, 0.29) is 43.2 Å². The standard InChI is InChI=1S/C30H34B2F3N7O2S/c1-27(2)17-19-5-4-14-36-21-6-3-7-24(37-21)45-40-26(43)20-8-9-22(38-25(20)41(27)18-19)42-15-10-23(39-42)44-16-13-29(31,32)28(11-12-28)30(33,34)35/h3,6-10,15,19H,4-5,11-14,16-18H2,1-2H3,(H,36,37)(H,40,43). The van der Waals surface area contributed by atoms with Crippen molar-refractivity contribution in [2.24, 2.45) is 11.3 Å². The molecule has 9 nitrogen and oxygen atoms in total. The fourth-order valence-electron chi connectivity index (χ4n) is 6.45. The van der Waals surface area contributed by atoms with Gasteiger partial charge in [-0.3, -0.25) is 9.52 Å². The van der Waals surface area contributed by atoms with Gasteiger partial charge in [-0.2, -0.15) is 13.2 Å². The van der Waals surface area contributed by atoms with Crippen LogP contribution in [0.5, 0.6) is 5.88 Å². The molecule has 6 rings (SSSR count). The third kappa shape index (κ3) is 6.37. The van der Waals surface area contributed by atoms with Gasteiger partial charge in [0.15, 0.2) is 5.82 Å². The van der Waals surface area contributed by atoms with Gasteiger partial charge < -0.3 is 15.0 Å². The average Bonchev–Trinajstić information content (AvgIpc) is 3.62. The molecular weight excluding hydrogens is 601 g/mol. The highest BCUT2D eigenvalue weighted by Gasteiger charge is 2.68. The number of rotatable bonds is 6. The Hall–Kier alpha value is -3.35. The van der Waals surface area contributed by atoms with Crippen LogP contribution in [-0.2, 0) is 0 Å². The highest BCUT2D eigenvalue weighted by molar-refractivity contribution is 7.97. The van der Waals surface area contributed by atoms with Crippen LogP contribution in [0, 0.1) is 11.3 Å². The first-order chi connectivity index (χ1) is 21.3. The zero-order valence-corrected chi connectivity index (χ0v) is 26.0. The molecule has 4 bridgehead atoms. The molecule has 0 aromatic carbocycles. The van der Waals surface area contributed by atoms with E-state index in [4.69, 9.17) is 25.4 Å². The Labute approximate surface area is 267 Å². The van der Waals surface area contributed by atoms with E-state index in [1.807, 2.05) is 18.2 Å². The molecule has 1 saturated carbocycles. The Morgan fingerprint density at radius 2 is 1.93 bits per heavy atom. The first kappa shape index (κ1) is 31.6. The molecule has 3 aliphatic rings. The Kier molecular flexibility index (Phi) is 8.28. The van der Waals surface area contributed by atoms with E-state index in [0.29, 0.717) is 28.1 Å². The second kappa shape index (κ2) is 11.8. The zero-order chi connectivity index (χ0) is 32.0. The average molecular weight is 635 g/mol. The molecule has 15 heteroatoms. The lowest BCUT2D eigenvalue weighted by Crippen LogP contribution is -2.40. The SMILES string of the molecule is [B]C([B])(CCOc1ccn(-c2ccc3c(n2)N2CC(CCCNc4cccc(n4)SNC3=O)CC2(C)C)n1)C1(C(F)(F)F)CC1. The lowest BCUT2D eigenvalue weighted by atomic mass is 9.45. The van der Waals surface area contributed by atoms with Crippen molar-refractivity contribution in [1.29, 1.82) is 0 Å². The zero-order valence-electron chi connectivity index (χ0n) is 25.2. The van der Waals surface area contributed by atoms with Crippen LogP contribution >= 0.6 is 11.9 Å². The summed E-state index contributed by atoms with van der Waals surface area (Å²) in [4.78, 5) is 25.3. The van der Waals surface area contributed by atoms with Crippen LogP contribution in [0.25, 0.3) is 5.82 Å². The molecule has 3 aromatic rings. The van der Waals surface area contributed by atoms with Crippen LogP contribution in [0.3, 0.4) is 0 Å². The number of carbonyl (C=O) groups is 1. The highest BCUT2D eigenvalue weighted by Crippen LogP contribution is 2.69. The van der Waals surface area contributed by atoms with Gasteiger partial charge in [0, 0.05) is 42.8 Å². The van der Waals surface area contributed by atoms with Gasteiger partial charge >= 0.3 is 6.18 Å². The van der Waals surface area contributed by atoms with Crippen LogP contribution < -0.4 is 19.7 Å². The van der Waals surface area contributed by atoms with E-state index >= 15 is 0 Å². The summed E-state index contributed by atoms with van der Waals surface area (Å²) in [6.07, 6.45) is -0.254. The molecule has 2 aliphatic heterocycles. The summed E-state index contributed by atoms with van der Waals surface area (Å²) in [7, 11) is 11.9. The van der Waals surface area contributed by atoms with Gasteiger partial charge in [-0.1, -0.05) is 11.3 Å². The van der Waals surface area contributed by atoms with Crippen molar-refractivity contribution in [3.63, 3.8) is 0 Å². The second-order valence-corrected chi connectivity index (χ2v) is 13.6. The molecule has 1 saturated heterocycles. The lowest BCUT2D eigenvalue weighted by Gasteiger charge is -2.37. The monoisotopic (exact) mass is 635 g/mol. The molecule has 3 aromatic heterocycles. The van der Waals surface area contributed by atoms with Crippen LogP contribution in [0.15, 0.2) is 47.6 Å². The number of aromatic nitrogens is 4. The summed E-state index contributed by atoms with van der Waals surface area (Å²) in [6, 6.07) is 10.7. The molecule has 5 heterocycles. The summed E-state index contributed by atoms with van der Waals surface area (Å²) in [6.45, 7) is 5.73. The highest BCUT2D eigenvalue weighted by atomic mass is 32.2. The summed E-state index contributed by atoms with van der Waals surface area (Å²) < 4.78 is 50.7. The number of hydrogen-bond donors (Lipinski definition) is 2. The number of nitrogens with zero attached hydrogens (tertiary/aromatic N) is 5. The number of hydrogen-bond acceptors (Lipinski definition) is 8. The largest absolute Gasteiger partial charge is 0.477 e. The Balaban J connectivity index is 1.23. The number of alkyl halides is 3. The maximum atomic E-state index is 13.5. The smallest absolute Gasteiger partial charge is 0.393 e. The molecule has 2 N–H and O–H groups in total. The number of amides is 1. The van der Waals surface area contributed by atoms with Crippen molar-refractivity contribution >= 4 is 45.2 Å². The molecule has 1 unspecified atom stereocenters. The third-order valence-electron chi connectivity index (χ3n) is 9.14. The normalized spacial score (nSPS) is 21.1. The van der Waals surface area contributed by atoms with Gasteiger partial charge in [0.05, 0.1) is 33.3 Å². The topological polar surface area (TPSA) is 97.2 Å². The third-order valence-corrected chi connectivity index (χ3v) is 9.86. The minimum atomic E-state index is -4.47. The number of nitrogens with one attached hydrogen (secondary N) is 2. The maximum absolute atomic E-state index is 13.5. The Morgan fingerprint density at radius 1 is 1.13 bits per heavy atom. The first-order valence-electron chi connectivity index (χ1n) is 15.1. The van der Waals surface area contributed by atoms with Gasteiger partial charge in [-0.25, -0.2) is 14.6 Å². The number of anilines is 2. The molecule has 234 valence electrons. The molecule has 2 fully saturated rings. The van der Waals surface area contributed by atoms with Gasteiger partial charge in [0.25, 0.3) is 5.91 Å². The molecule has 45 heavy (non-hydrogen) atoms. The minimum absolute atomic E-state index is 0.0886. The number of halogens is 3. The van der Waals surface area contributed by atoms with E-state index in [9.17, 15) is 18.0 Å². The fourth-order valence-corrected chi connectivity index (χ4v) is 7.04. The van der Waals surface area contributed by atoms with Crippen molar-refractivity contribution in [2.45, 2.75) is 74.3 Å². The van der Waals surface area contributed by atoms with Crippen LogP contribution in [0.2, 0.25) is 5.21 Å². The van der Waals surface area contributed by atoms with Gasteiger partial charge in [-0.05, 0) is 82.6 Å². The minimum Gasteiger partial charge on any atom is -0.477 e. The van der Waals surface area contributed by atoms with Crippen molar-refractivity contribution < 1.29 is 22.7 Å². The fraction of sp³-hybridized carbons (Fsp3) is 0.533. The lowest BCUT2D eigenvalue weighted by molar-refractivity contribution is -0.192. The van der Waals surface area contributed by atoms with Crippen LogP contribution in [0.4, 0.5) is 24.8 Å². The molecule has 4 radical (unpaired) electrons. The predicted octanol–water partition coefficient (Wildman–Crippen LogP) is 5.47. The molecule has 1 amide bonds. The molecule has 1 atom stereocenters. The van der Waals surface area contributed by atoms with Crippen molar-refractivity contribution in [3.8, 4) is 11.7 Å². The van der Waals surface area contributed by atoms with E-state index in [1.54, 1.807) is 24.4 Å². The quantitative estimate of drug-likeness (QED) is 0.272. The summed E-state index contributed by atoms with van der Waals surface area (Å²) in [5.74, 6) is 2.08. The van der Waals surface area contributed by atoms with Gasteiger partial charge in [0.2, 0.25) is 5.88 Å². The number of fused-ring (bicyclic) bond motifs is 6. The second-order valence-electron chi connectivity index (χ2n) is 12.8. The predicted molar refractivity (Wildman–Crippen MR) is 168 cm³/mol. The Morgan fingerprint density at radius 3 is 2.69 bits per heavy atom. The van der Waals surface area contributed by atoms with Crippen molar-refractivity contribution in [3.05, 3.63) is 48.2 Å². The molecule has 0 spiro atoms. The van der Waals surface area contributed by atoms with Gasteiger partial charge in [0.1, 0.15) is 16.7 Å². The van der Waals surface area contributed by atoms with Crippen LogP contribution in [-0.4, -0.2) is 72.8 Å². The van der Waals surface area contributed by atoms with E-state index in [0.717, 1.165) is 50.1 Å². The first-order valence-corrected chi connectivity index (χ1v) is 15.9. The van der Waals surface area contributed by atoms with E-state index < -0.39 is 16.8 Å². The number of carbonyl (C=O) groups excluding carboxylic acids is 1. The molecular formula is C30H34B2F3N7O2S. The summed E-state index contributed by atoms with van der Waals surface area (Å²) >= 11 is 1.14. The van der Waals surface area contributed by atoms with E-state index in [1.165, 1.54) is 4.68 Å². The van der Waals surface area contributed by atoms with Gasteiger partial charge in [-0.15, -0.1) is 5.10 Å². The van der Waals surface area contributed by atoms with Crippen molar-refractivity contribution in [2.75, 3.05) is 29.9 Å². The Bertz CT molecular complexity index is 1560.